The lowest BCUT2D eigenvalue weighted by atomic mass is 9.95. The molecule has 1 fully saturated rings. The minimum Gasteiger partial charge on any atom is -0.308 e. The van der Waals surface area contributed by atoms with Crippen molar-refractivity contribution in [3.05, 3.63) is 29.6 Å². The SMILES string of the molecule is Cc1ccc(CNC2CCCCC2)nc1. The second-order valence-electron chi connectivity index (χ2n) is 4.54. The number of aryl methyl sites for hydroxylation is 1. The number of pyridine rings is 1. The lowest BCUT2D eigenvalue weighted by molar-refractivity contribution is 0.371. The van der Waals surface area contributed by atoms with Crippen LogP contribution in [0.25, 0.3) is 0 Å². The van der Waals surface area contributed by atoms with E-state index in [1.165, 1.54) is 37.7 Å². The van der Waals surface area contributed by atoms with Crippen LogP contribution in [0.4, 0.5) is 0 Å². The average molecular weight is 204 g/mol. The molecule has 15 heavy (non-hydrogen) atoms. The highest BCUT2D eigenvalue weighted by molar-refractivity contribution is 5.12. The zero-order chi connectivity index (χ0) is 10.5. The number of aromatic nitrogens is 1. The first-order valence-corrected chi connectivity index (χ1v) is 5.99. The molecule has 0 unspecified atom stereocenters. The molecule has 1 aromatic rings. The van der Waals surface area contributed by atoms with Crippen LogP contribution in [0.1, 0.15) is 43.4 Å². The van der Waals surface area contributed by atoms with Crippen molar-refractivity contribution < 1.29 is 0 Å². The van der Waals surface area contributed by atoms with Crippen LogP contribution in [0.2, 0.25) is 0 Å². The van der Waals surface area contributed by atoms with Crippen LogP contribution in [-0.4, -0.2) is 11.0 Å². The molecule has 1 N–H and O–H groups in total. The monoisotopic (exact) mass is 204 g/mol. The quantitative estimate of drug-likeness (QED) is 0.819. The standard InChI is InChI=1S/C13H20N2/c1-11-7-8-13(14-9-11)10-15-12-5-3-2-4-6-12/h7-9,12,15H,2-6,10H2,1H3. The molecule has 0 aliphatic heterocycles. The van der Waals surface area contributed by atoms with E-state index >= 15 is 0 Å². The van der Waals surface area contributed by atoms with Gasteiger partial charge in [-0.15, -0.1) is 0 Å². The summed E-state index contributed by atoms with van der Waals surface area (Å²) in [4.78, 5) is 4.40. The molecular weight excluding hydrogens is 184 g/mol. The summed E-state index contributed by atoms with van der Waals surface area (Å²) in [6.45, 7) is 3.00. The summed E-state index contributed by atoms with van der Waals surface area (Å²) in [5.74, 6) is 0. The number of nitrogens with zero attached hydrogens (tertiary/aromatic N) is 1. The van der Waals surface area contributed by atoms with Crippen LogP contribution >= 0.6 is 0 Å². The Morgan fingerprint density at radius 1 is 1.27 bits per heavy atom. The maximum atomic E-state index is 4.40. The largest absolute Gasteiger partial charge is 0.308 e. The van der Waals surface area contributed by atoms with E-state index in [1.807, 2.05) is 6.20 Å². The van der Waals surface area contributed by atoms with E-state index in [0.29, 0.717) is 0 Å². The van der Waals surface area contributed by atoms with Gasteiger partial charge in [0.05, 0.1) is 5.69 Å². The Labute approximate surface area is 92.1 Å². The van der Waals surface area contributed by atoms with Crippen molar-refractivity contribution in [3.8, 4) is 0 Å². The molecule has 2 rings (SSSR count). The lowest BCUT2D eigenvalue weighted by Gasteiger charge is -2.22. The fraction of sp³-hybridized carbons (Fsp3) is 0.615. The second-order valence-corrected chi connectivity index (χ2v) is 4.54. The highest BCUT2D eigenvalue weighted by Crippen LogP contribution is 2.17. The third-order valence-electron chi connectivity index (χ3n) is 3.15. The summed E-state index contributed by atoms with van der Waals surface area (Å²) in [6, 6.07) is 4.97. The number of rotatable bonds is 3. The van der Waals surface area contributed by atoms with Gasteiger partial charge in [0.1, 0.15) is 0 Å². The van der Waals surface area contributed by atoms with E-state index in [4.69, 9.17) is 0 Å². The summed E-state index contributed by atoms with van der Waals surface area (Å²) in [7, 11) is 0. The van der Waals surface area contributed by atoms with E-state index in [0.717, 1.165) is 18.3 Å². The molecule has 0 spiro atoms. The smallest absolute Gasteiger partial charge is 0.0541 e. The van der Waals surface area contributed by atoms with Crippen molar-refractivity contribution in [2.75, 3.05) is 0 Å². The summed E-state index contributed by atoms with van der Waals surface area (Å²) in [6.07, 6.45) is 8.81. The Morgan fingerprint density at radius 2 is 2.07 bits per heavy atom. The van der Waals surface area contributed by atoms with Crippen molar-refractivity contribution in [2.45, 2.75) is 51.6 Å². The van der Waals surface area contributed by atoms with Crippen molar-refractivity contribution in [3.63, 3.8) is 0 Å². The van der Waals surface area contributed by atoms with Gasteiger partial charge in [0.2, 0.25) is 0 Å². The Kier molecular flexibility index (Phi) is 3.73. The van der Waals surface area contributed by atoms with Crippen LogP contribution in [-0.2, 0) is 6.54 Å². The Hall–Kier alpha value is -0.890. The van der Waals surface area contributed by atoms with Crippen LogP contribution in [0.5, 0.6) is 0 Å². The molecule has 1 aliphatic carbocycles. The molecule has 0 amide bonds. The van der Waals surface area contributed by atoms with Gasteiger partial charge in [-0.3, -0.25) is 4.98 Å². The van der Waals surface area contributed by atoms with Crippen LogP contribution in [0.15, 0.2) is 18.3 Å². The zero-order valence-electron chi connectivity index (χ0n) is 9.50. The summed E-state index contributed by atoms with van der Waals surface area (Å²) in [5.41, 5.74) is 2.39. The molecule has 0 atom stereocenters. The van der Waals surface area contributed by atoms with Gasteiger partial charge in [0.25, 0.3) is 0 Å². The van der Waals surface area contributed by atoms with Gasteiger partial charge >= 0.3 is 0 Å². The van der Waals surface area contributed by atoms with E-state index < -0.39 is 0 Å². The maximum Gasteiger partial charge on any atom is 0.0541 e. The van der Waals surface area contributed by atoms with Gasteiger partial charge in [-0.25, -0.2) is 0 Å². The number of nitrogens with one attached hydrogen (secondary N) is 1. The lowest BCUT2D eigenvalue weighted by Crippen LogP contribution is -2.30. The molecule has 0 aromatic carbocycles. The molecule has 1 heterocycles. The first-order valence-electron chi connectivity index (χ1n) is 5.99. The highest BCUT2D eigenvalue weighted by atomic mass is 14.9. The van der Waals surface area contributed by atoms with Crippen molar-refractivity contribution >= 4 is 0 Å². The summed E-state index contributed by atoms with van der Waals surface area (Å²) in [5, 5.41) is 3.59. The molecular formula is C13H20N2. The molecule has 0 radical (unpaired) electrons. The van der Waals surface area contributed by atoms with E-state index in [9.17, 15) is 0 Å². The predicted octanol–water partition coefficient (Wildman–Crippen LogP) is 2.81. The maximum absolute atomic E-state index is 4.40. The first-order chi connectivity index (χ1) is 7.34. The topological polar surface area (TPSA) is 24.9 Å². The molecule has 82 valence electrons. The minimum atomic E-state index is 0.724. The number of hydrogen-bond donors (Lipinski definition) is 1. The van der Waals surface area contributed by atoms with Gasteiger partial charge < -0.3 is 5.32 Å². The predicted molar refractivity (Wildman–Crippen MR) is 62.7 cm³/mol. The Bertz CT molecular complexity index is 286. The average Bonchev–Trinajstić information content (AvgIpc) is 2.30. The van der Waals surface area contributed by atoms with E-state index in [1.54, 1.807) is 0 Å². The van der Waals surface area contributed by atoms with Crippen molar-refractivity contribution in [2.24, 2.45) is 0 Å². The molecule has 2 heteroatoms. The van der Waals surface area contributed by atoms with Gasteiger partial charge in [-0.05, 0) is 31.4 Å². The first kappa shape index (κ1) is 10.6. The van der Waals surface area contributed by atoms with Gasteiger partial charge in [-0.1, -0.05) is 25.3 Å². The van der Waals surface area contributed by atoms with Crippen LogP contribution in [0.3, 0.4) is 0 Å². The fourth-order valence-electron chi connectivity index (χ4n) is 2.16. The van der Waals surface area contributed by atoms with E-state index in [2.05, 4.69) is 29.4 Å². The molecule has 1 saturated carbocycles. The third kappa shape index (κ3) is 3.31. The molecule has 0 saturated heterocycles. The third-order valence-corrected chi connectivity index (χ3v) is 3.15. The highest BCUT2D eigenvalue weighted by Gasteiger charge is 2.12. The molecule has 1 aromatic heterocycles. The van der Waals surface area contributed by atoms with Gasteiger partial charge in [0.15, 0.2) is 0 Å². The van der Waals surface area contributed by atoms with Gasteiger partial charge in [-0.2, -0.15) is 0 Å². The zero-order valence-corrected chi connectivity index (χ0v) is 9.50. The minimum absolute atomic E-state index is 0.724. The summed E-state index contributed by atoms with van der Waals surface area (Å²) >= 11 is 0. The van der Waals surface area contributed by atoms with E-state index in [-0.39, 0.29) is 0 Å². The molecule has 2 nitrogen and oxygen atoms in total. The van der Waals surface area contributed by atoms with Crippen LogP contribution < -0.4 is 5.32 Å². The molecule has 0 bridgehead atoms. The molecule has 1 aliphatic rings. The van der Waals surface area contributed by atoms with Crippen LogP contribution in [0, 0.1) is 6.92 Å². The van der Waals surface area contributed by atoms with Gasteiger partial charge in [0, 0.05) is 18.8 Å². The summed E-state index contributed by atoms with van der Waals surface area (Å²) < 4.78 is 0. The second kappa shape index (κ2) is 5.26. The normalized spacial score (nSPS) is 17.9. The Morgan fingerprint density at radius 3 is 2.73 bits per heavy atom. The fourth-order valence-corrected chi connectivity index (χ4v) is 2.16. The van der Waals surface area contributed by atoms with Crippen molar-refractivity contribution in [1.82, 2.24) is 10.3 Å². The Balaban J connectivity index is 1.79. The number of hydrogen-bond acceptors (Lipinski definition) is 2. The van der Waals surface area contributed by atoms with Crippen molar-refractivity contribution in [1.29, 1.82) is 0 Å².